The number of alkyl halides is 15. The van der Waals surface area contributed by atoms with Gasteiger partial charge in [-0.2, -0.15) is 65.9 Å². The van der Waals surface area contributed by atoms with Gasteiger partial charge < -0.3 is 4.74 Å². The number of allylic oxidation sites excluding steroid dienone is 2. The maximum atomic E-state index is 12.8. The van der Waals surface area contributed by atoms with Crippen LogP contribution in [0.15, 0.2) is 11.6 Å². The van der Waals surface area contributed by atoms with Gasteiger partial charge in [0.05, 0.1) is 0 Å². The summed E-state index contributed by atoms with van der Waals surface area (Å²) in [4.78, 5) is 0. The van der Waals surface area contributed by atoms with E-state index in [1.807, 2.05) is 0 Å². The molecule has 0 amide bonds. The number of hydrogen-bond acceptors (Lipinski definition) is 1. The van der Waals surface area contributed by atoms with E-state index < -0.39 is 48.1 Å². The first-order chi connectivity index (χ1) is 10.5. The van der Waals surface area contributed by atoms with Gasteiger partial charge in [-0.25, -0.2) is 4.39 Å². The fourth-order valence-electron chi connectivity index (χ4n) is 0.851. The van der Waals surface area contributed by atoms with Crippen LogP contribution >= 0.6 is 0 Å². The molecular formula is C8F16O. The summed E-state index contributed by atoms with van der Waals surface area (Å²) in [5.74, 6) is -24.3. The summed E-state index contributed by atoms with van der Waals surface area (Å²) in [5.41, 5.74) is 0. The normalized spacial score (nSPS) is 16.6. The highest BCUT2D eigenvalue weighted by molar-refractivity contribution is 5.17. The van der Waals surface area contributed by atoms with Crippen LogP contribution in [0.5, 0.6) is 0 Å². The van der Waals surface area contributed by atoms with Gasteiger partial charge in [0.25, 0.3) is 0 Å². The van der Waals surface area contributed by atoms with E-state index in [0.717, 1.165) is 0 Å². The van der Waals surface area contributed by atoms with Crippen molar-refractivity contribution in [3.63, 3.8) is 0 Å². The maximum Gasteiger partial charge on any atom is 0.474 e. The largest absolute Gasteiger partial charge is 0.474 e. The molecule has 17 heteroatoms. The minimum atomic E-state index is -7.51. The molecule has 0 aromatic rings. The monoisotopic (exact) mass is 416 g/mol. The van der Waals surface area contributed by atoms with Crippen LogP contribution in [0.3, 0.4) is 0 Å². The maximum absolute atomic E-state index is 12.8. The Hall–Kier alpha value is -1.58. The van der Waals surface area contributed by atoms with E-state index >= 15 is 0 Å². The SMILES string of the molecule is FC(=C(OC(F)(F)C(F)(F)C(F)(F)F)C(F)(F)F)C(F)(F)C(F)(F)F. The van der Waals surface area contributed by atoms with Crippen LogP contribution in [-0.2, 0) is 4.74 Å². The Morgan fingerprint density at radius 3 is 1.16 bits per heavy atom. The Kier molecular flexibility index (Phi) is 5.62. The van der Waals surface area contributed by atoms with E-state index in [2.05, 4.69) is 0 Å². The minimum absolute atomic E-state index is 1.63. The zero-order chi connectivity index (χ0) is 20.9. The molecular weight excluding hydrogens is 416 g/mol. The quantitative estimate of drug-likeness (QED) is 0.420. The first-order valence-electron chi connectivity index (χ1n) is 4.93. The molecule has 0 rings (SSSR count). The number of ether oxygens (including phenoxy) is 1. The van der Waals surface area contributed by atoms with Crippen LogP contribution in [0.1, 0.15) is 0 Å². The number of rotatable bonds is 4. The van der Waals surface area contributed by atoms with Crippen LogP contribution in [0.25, 0.3) is 0 Å². The molecule has 0 unspecified atom stereocenters. The highest BCUT2D eigenvalue weighted by Crippen LogP contribution is 2.51. The smallest absolute Gasteiger partial charge is 0.419 e. The molecule has 0 atom stereocenters. The van der Waals surface area contributed by atoms with Crippen LogP contribution in [-0.4, -0.2) is 36.5 Å². The van der Waals surface area contributed by atoms with Gasteiger partial charge in [-0.3, -0.25) is 0 Å². The van der Waals surface area contributed by atoms with Gasteiger partial charge in [-0.1, -0.05) is 0 Å². The lowest BCUT2D eigenvalue weighted by molar-refractivity contribution is -0.422. The molecule has 0 aliphatic rings. The van der Waals surface area contributed by atoms with Crippen molar-refractivity contribution in [2.75, 3.05) is 0 Å². The van der Waals surface area contributed by atoms with Gasteiger partial charge in [0.15, 0.2) is 0 Å². The summed E-state index contributed by atoms with van der Waals surface area (Å²) in [7, 11) is 0. The second kappa shape index (κ2) is 6.00. The average molecular weight is 416 g/mol. The van der Waals surface area contributed by atoms with E-state index in [1.54, 1.807) is 4.74 Å². The topological polar surface area (TPSA) is 9.23 Å². The van der Waals surface area contributed by atoms with Crippen LogP contribution < -0.4 is 0 Å². The number of hydrogen-bond donors (Lipinski definition) is 0. The lowest BCUT2D eigenvalue weighted by atomic mass is 10.2. The number of halogens is 16. The van der Waals surface area contributed by atoms with Crippen molar-refractivity contribution in [2.24, 2.45) is 0 Å². The fourth-order valence-corrected chi connectivity index (χ4v) is 0.851. The Morgan fingerprint density at radius 1 is 0.560 bits per heavy atom. The molecule has 0 aromatic heterocycles. The molecule has 0 saturated carbocycles. The van der Waals surface area contributed by atoms with Crippen molar-refractivity contribution in [2.45, 2.75) is 36.5 Å². The molecule has 0 aliphatic heterocycles. The van der Waals surface area contributed by atoms with Crippen molar-refractivity contribution < 1.29 is 75.0 Å². The molecule has 0 bridgehead atoms. The summed E-state index contributed by atoms with van der Waals surface area (Å²) in [6.07, 6.45) is -29.0. The molecule has 1 nitrogen and oxygen atoms in total. The zero-order valence-electron chi connectivity index (χ0n) is 10.5. The molecule has 0 aliphatic carbocycles. The van der Waals surface area contributed by atoms with Crippen LogP contribution in [0.4, 0.5) is 70.2 Å². The summed E-state index contributed by atoms with van der Waals surface area (Å²) in [6, 6.07) is 0. The zero-order valence-corrected chi connectivity index (χ0v) is 10.5. The molecule has 0 heterocycles. The van der Waals surface area contributed by atoms with Gasteiger partial charge in [-0.05, 0) is 0 Å². The molecule has 25 heavy (non-hydrogen) atoms. The van der Waals surface area contributed by atoms with Crippen LogP contribution in [0, 0.1) is 0 Å². The molecule has 150 valence electrons. The minimum Gasteiger partial charge on any atom is -0.419 e. The van der Waals surface area contributed by atoms with E-state index in [1.165, 1.54) is 0 Å². The molecule has 0 radical (unpaired) electrons. The van der Waals surface area contributed by atoms with Crippen LogP contribution in [0.2, 0.25) is 0 Å². The third-order valence-corrected chi connectivity index (χ3v) is 2.04. The second-order valence-corrected chi connectivity index (χ2v) is 3.90. The lowest BCUT2D eigenvalue weighted by Crippen LogP contribution is -2.54. The molecule has 0 fully saturated rings. The first-order valence-corrected chi connectivity index (χ1v) is 4.93. The highest BCUT2D eigenvalue weighted by atomic mass is 19.4. The summed E-state index contributed by atoms with van der Waals surface area (Å²) in [5, 5.41) is 0. The molecule has 0 N–H and O–H groups in total. The van der Waals surface area contributed by atoms with E-state index in [9.17, 15) is 70.2 Å². The summed E-state index contributed by atoms with van der Waals surface area (Å²) in [6.45, 7) is 0. The molecule has 0 saturated heterocycles. The summed E-state index contributed by atoms with van der Waals surface area (Å²) >= 11 is 0. The summed E-state index contributed by atoms with van der Waals surface area (Å²) < 4.78 is 196. The lowest BCUT2D eigenvalue weighted by Gasteiger charge is -2.30. The van der Waals surface area contributed by atoms with Crippen molar-refractivity contribution >= 4 is 0 Å². The van der Waals surface area contributed by atoms with E-state index in [-0.39, 0.29) is 0 Å². The fraction of sp³-hybridized carbons (Fsp3) is 0.750. The van der Waals surface area contributed by atoms with Crippen molar-refractivity contribution in [3.05, 3.63) is 11.6 Å². The van der Waals surface area contributed by atoms with Gasteiger partial charge in [0, 0.05) is 0 Å². The average Bonchev–Trinajstić information content (AvgIpc) is 2.30. The van der Waals surface area contributed by atoms with Gasteiger partial charge >= 0.3 is 36.5 Å². The Balaban J connectivity index is 6.37. The van der Waals surface area contributed by atoms with Crippen molar-refractivity contribution in [1.29, 1.82) is 0 Å². The molecule has 0 aromatic carbocycles. The first kappa shape index (κ1) is 23.4. The predicted octanol–water partition coefficient (Wildman–Crippen LogP) is 5.73. The van der Waals surface area contributed by atoms with Crippen molar-refractivity contribution in [1.82, 2.24) is 0 Å². The second-order valence-electron chi connectivity index (χ2n) is 3.90. The Morgan fingerprint density at radius 2 is 0.920 bits per heavy atom. The van der Waals surface area contributed by atoms with E-state index in [0.29, 0.717) is 0 Å². The van der Waals surface area contributed by atoms with Crippen molar-refractivity contribution in [3.8, 4) is 0 Å². The third-order valence-electron chi connectivity index (χ3n) is 2.04. The molecule has 0 spiro atoms. The van der Waals surface area contributed by atoms with Gasteiger partial charge in [0.2, 0.25) is 11.6 Å². The predicted molar refractivity (Wildman–Crippen MR) is 42.2 cm³/mol. The highest BCUT2D eigenvalue weighted by Gasteiger charge is 2.77. The standard InChI is InChI=1S/C8F16O/c9-1(3(10,11)6(17,18)19)2(4(12,13)14)25-8(23,24)5(15,16)7(20,21)22. The Labute approximate surface area is 124 Å². The van der Waals surface area contributed by atoms with Gasteiger partial charge in [0.1, 0.15) is 0 Å². The van der Waals surface area contributed by atoms with E-state index in [4.69, 9.17) is 0 Å². The van der Waals surface area contributed by atoms with Gasteiger partial charge in [-0.15, -0.1) is 0 Å². The Bertz CT molecular complexity index is 516. The third kappa shape index (κ3) is 4.34.